The number of nitriles is 1. The molecule has 0 bridgehead atoms. The molecule has 0 radical (unpaired) electrons. The summed E-state index contributed by atoms with van der Waals surface area (Å²) in [5.74, 6) is -0.282. The van der Waals surface area contributed by atoms with Crippen molar-refractivity contribution in [1.82, 2.24) is 14.9 Å². The lowest BCUT2D eigenvalue weighted by Crippen LogP contribution is -2.49. The zero-order chi connectivity index (χ0) is 22.8. The maximum Gasteiger partial charge on any atom is 0.266 e. The number of hydrogen-bond donors (Lipinski definition) is 1. The molecule has 0 fully saturated rings. The van der Waals surface area contributed by atoms with E-state index in [1.165, 1.54) is 11.8 Å². The average Bonchev–Trinajstić information content (AvgIpc) is 2.73. The van der Waals surface area contributed by atoms with Crippen LogP contribution in [0.4, 0.5) is 0 Å². The maximum absolute atomic E-state index is 13.4. The van der Waals surface area contributed by atoms with E-state index in [1.807, 2.05) is 58.0 Å². The SMILES string of the molecule is Cc1cccc(C)c1-n1c(SCC(=O)NC(C)(C#N)C(C)C)nc2ccccc2c1=O. The second-order valence-electron chi connectivity index (χ2n) is 8.10. The molecule has 0 spiro atoms. The van der Waals surface area contributed by atoms with Gasteiger partial charge < -0.3 is 5.32 Å². The average molecular weight is 435 g/mol. The first-order valence-electron chi connectivity index (χ1n) is 10.1. The zero-order valence-corrected chi connectivity index (χ0v) is 19.2. The first-order valence-corrected chi connectivity index (χ1v) is 11.1. The van der Waals surface area contributed by atoms with Gasteiger partial charge in [-0.05, 0) is 49.9 Å². The highest BCUT2D eigenvalue weighted by atomic mass is 32.2. The number of aryl methyl sites for hydroxylation is 2. The van der Waals surface area contributed by atoms with E-state index in [9.17, 15) is 14.9 Å². The number of rotatable bonds is 6. The molecule has 3 aromatic rings. The summed E-state index contributed by atoms with van der Waals surface area (Å²) < 4.78 is 1.59. The van der Waals surface area contributed by atoms with E-state index >= 15 is 0 Å². The molecular weight excluding hydrogens is 408 g/mol. The molecule has 3 rings (SSSR count). The molecule has 160 valence electrons. The molecule has 1 atom stereocenters. The second kappa shape index (κ2) is 8.94. The van der Waals surface area contributed by atoms with Gasteiger partial charge in [-0.3, -0.25) is 14.2 Å². The molecule has 2 aromatic carbocycles. The summed E-state index contributed by atoms with van der Waals surface area (Å²) >= 11 is 1.19. The Morgan fingerprint density at radius 3 is 2.45 bits per heavy atom. The van der Waals surface area contributed by atoms with Crippen molar-refractivity contribution < 1.29 is 4.79 Å². The molecule has 0 saturated heterocycles. The van der Waals surface area contributed by atoms with Crippen molar-refractivity contribution in [2.75, 3.05) is 5.75 Å². The molecule has 1 aromatic heterocycles. The van der Waals surface area contributed by atoms with Gasteiger partial charge in [0, 0.05) is 0 Å². The lowest BCUT2D eigenvalue weighted by atomic mass is 9.90. The molecule has 0 aliphatic heterocycles. The summed E-state index contributed by atoms with van der Waals surface area (Å²) in [4.78, 5) is 30.8. The molecular formula is C24H26N4O2S. The lowest BCUT2D eigenvalue weighted by molar-refractivity contribution is -0.120. The number of benzene rings is 2. The Labute approximate surface area is 186 Å². The fourth-order valence-electron chi connectivity index (χ4n) is 3.32. The van der Waals surface area contributed by atoms with Gasteiger partial charge in [-0.2, -0.15) is 5.26 Å². The van der Waals surface area contributed by atoms with Crippen molar-refractivity contribution in [2.45, 2.75) is 45.3 Å². The third-order valence-electron chi connectivity index (χ3n) is 5.53. The van der Waals surface area contributed by atoms with Crippen LogP contribution in [0.3, 0.4) is 0 Å². The van der Waals surface area contributed by atoms with Crippen molar-refractivity contribution >= 4 is 28.6 Å². The van der Waals surface area contributed by atoms with Crippen LogP contribution < -0.4 is 10.9 Å². The van der Waals surface area contributed by atoms with Crippen LogP contribution in [-0.2, 0) is 4.79 Å². The van der Waals surface area contributed by atoms with Crippen LogP contribution in [0.25, 0.3) is 16.6 Å². The lowest BCUT2D eigenvalue weighted by Gasteiger charge is -2.27. The van der Waals surface area contributed by atoms with Crippen molar-refractivity contribution in [3.63, 3.8) is 0 Å². The summed E-state index contributed by atoms with van der Waals surface area (Å²) in [5, 5.41) is 13.2. The predicted molar refractivity (Wildman–Crippen MR) is 125 cm³/mol. The number of nitrogens with one attached hydrogen (secondary N) is 1. The number of para-hydroxylation sites is 2. The van der Waals surface area contributed by atoms with Crippen molar-refractivity contribution in [3.05, 3.63) is 63.9 Å². The van der Waals surface area contributed by atoms with Gasteiger partial charge in [0.1, 0.15) is 5.54 Å². The van der Waals surface area contributed by atoms with Gasteiger partial charge in [0.15, 0.2) is 5.16 Å². The Kier molecular flexibility index (Phi) is 6.51. The molecule has 1 N–H and O–H groups in total. The van der Waals surface area contributed by atoms with Crippen LogP contribution in [0.15, 0.2) is 52.4 Å². The number of carbonyl (C=O) groups is 1. The predicted octanol–water partition coefficient (Wildman–Crippen LogP) is 4.15. The largest absolute Gasteiger partial charge is 0.337 e. The quantitative estimate of drug-likeness (QED) is 0.465. The first-order chi connectivity index (χ1) is 14.7. The Morgan fingerprint density at radius 2 is 1.84 bits per heavy atom. The first kappa shape index (κ1) is 22.6. The van der Waals surface area contributed by atoms with E-state index in [2.05, 4.69) is 11.4 Å². The van der Waals surface area contributed by atoms with Crippen LogP contribution in [0.5, 0.6) is 0 Å². The normalized spacial score (nSPS) is 13.1. The summed E-state index contributed by atoms with van der Waals surface area (Å²) in [6.45, 7) is 9.39. The van der Waals surface area contributed by atoms with Gasteiger partial charge in [0.2, 0.25) is 5.91 Å². The van der Waals surface area contributed by atoms with Crippen molar-refractivity contribution in [3.8, 4) is 11.8 Å². The molecule has 1 heterocycles. The number of fused-ring (bicyclic) bond motifs is 1. The zero-order valence-electron chi connectivity index (χ0n) is 18.4. The molecule has 1 amide bonds. The minimum atomic E-state index is -0.958. The van der Waals surface area contributed by atoms with Crippen molar-refractivity contribution in [1.29, 1.82) is 5.26 Å². The molecule has 0 aliphatic carbocycles. The van der Waals surface area contributed by atoms with Crippen LogP contribution in [-0.4, -0.2) is 26.8 Å². The summed E-state index contributed by atoms with van der Waals surface area (Å²) in [5.41, 5.74) is 2.13. The van der Waals surface area contributed by atoms with E-state index in [1.54, 1.807) is 23.6 Å². The van der Waals surface area contributed by atoms with Gasteiger partial charge >= 0.3 is 0 Å². The molecule has 31 heavy (non-hydrogen) atoms. The number of hydrogen-bond acceptors (Lipinski definition) is 5. The number of nitrogens with zero attached hydrogens (tertiary/aromatic N) is 3. The number of thioether (sulfide) groups is 1. The number of aromatic nitrogens is 2. The van der Waals surface area contributed by atoms with Gasteiger partial charge in [0.05, 0.1) is 28.4 Å². The Hall–Kier alpha value is -3.11. The highest BCUT2D eigenvalue weighted by molar-refractivity contribution is 7.99. The van der Waals surface area contributed by atoms with Crippen LogP contribution in [0, 0.1) is 31.1 Å². The van der Waals surface area contributed by atoms with Gasteiger partial charge in [-0.15, -0.1) is 0 Å². The smallest absolute Gasteiger partial charge is 0.266 e. The highest BCUT2D eigenvalue weighted by Crippen LogP contribution is 2.25. The van der Waals surface area contributed by atoms with Crippen molar-refractivity contribution in [2.24, 2.45) is 5.92 Å². The Bertz CT molecular complexity index is 1220. The second-order valence-corrected chi connectivity index (χ2v) is 9.04. The molecule has 0 aliphatic rings. The summed E-state index contributed by atoms with van der Waals surface area (Å²) in [6.07, 6.45) is 0. The summed E-state index contributed by atoms with van der Waals surface area (Å²) in [7, 11) is 0. The molecule has 1 unspecified atom stereocenters. The van der Waals surface area contributed by atoms with Gasteiger partial charge in [-0.25, -0.2) is 4.98 Å². The fourth-order valence-corrected chi connectivity index (χ4v) is 4.12. The molecule has 6 nitrogen and oxygen atoms in total. The van der Waals surface area contributed by atoms with Crippen LogP contribution >= 0.6 is 11.8 Å². The molecule has 7 heteroatoms. The standard InChI is InChI=1S/C24H26N4O2S/c1-15(2)24(5,14-25)27-20(29)13-31-23-26-19-12-7-6-11-18(19)22(30)28(23)21-16(3)9-8-10-17(21)4/h6-12,15H,13H2,1-5H3,(H,27,29). The molecule has 0 saturated carbocycles. The fraction of sp³-hybridized carbons (Fsp3) is 0.333. The number of amides is 1. The van der Waals surface area contributed by atoms with E-state index in [0.717, 1.165) is 16.8 Å². The highest BCUT2D eigenvalue weighted by Gasteiger charge is 2.30. The van der Waals surface area contributed by atoms with E-state index in [4.69, 9.17) is 4.98 Å². The number of carbonyl (C=O) groups excluding carboxylic acids is 1. The van der Waals surface area contributed by atoms with Crippen LogP contribution in [0.2, 0.25) is 0 Å². The van der Waals surface area contributed by atoms with Gasteiger partial charge in [-0.1, -0.05) is 55.9 Å². The Morgan fingerprint density at radius 1 is 1.19 bits per heavy atom. The third kappa shape index (κ3) is 4.49. The van der Waals surface area contributed by atoms with Gasteiger partial charge in [0.25, 0.3) is 5.56 Å². The van der Waals surface area contributed by atoms with E-state index in [-0.39, 0.29) is 23.1 Å². The monoisotopic (exact) mass is 434 g/mol. The Balaban J connectivity index is 2.05. The minimum Gasteiger partial charge on any atom is -0.337 e. The summed E-state index contributed by atoms with van der Waals surface area (Å²) in [6, 6.07) is 15.2. The minimum absolute atomic E-state index is 0.0414. The maximum atomic E-state index is 13.4. The van der Waals surface area contributed by atoms with E-state index in [0.29, 0.717) is 16.1 Å². The topological polar surface area (TPSA) is 87.8 Å². The van der Waals surface area contributed by atoms with E-state index < -0.39 is 5.54 Å². The third-order valence-corrected chi connectivity index (χ3v) is 6.47. The van der Waals surface area contributed by atoms with Crippen LogP contribution in [0.1, 0.15) is 31.9 Å².